The van der Waals surface area contributed by atoms with Crippen LogP contribution < -0.4 is 10.6 Å². The molecule has 0 aromatic carbocycles. The van der Waals surface area contributed by atoms with Gasteiger partial charge in [-0.15, -0.1) is 22.6 Å². The number of aromatic nitrogens is 4. The van der Waals surface area contributed by atoms with Crippen molar-refractivity contribution >= 4 is 18.2 Å². The molecule has 1 aliphatic carbocycles. The van der Waals surface area contributed by atoms with Crippen molar-refractivity contribution in [2.45, 2.75) is 26.2 Å². The molecule has 2 aromatic heterocycles. The predicted molar refractivity (Wildman–Crippen MR) is 102 cm³/mol. The molecule has 2 N–H and O–H groups in total. The van der Waals surface area contributed by atoms with Crippen molar-refractivity contribution in [3.63, 3.8) is 0 Å². The molecule has 0 amide bonds. The number of hydrogen-bond donors (Lipinski definition) is 2. The van der Waals surface area contributed by atoms with E-state index in [1.165, 1.54) is 32.4 Å². The number of anilines is 1. The van der Waals surface area contributed by atoms with Crippen LogP contribution in [0.25, 0.3) is 11.4 Å². The summed E-state index contributed by atoms with van der Waals surface area (Å²) in [6, 6.07) is 4.04. The minimum Gasteiger partial charge on any atom is -0.369 e. The van der Waals surface area contributed by atoms with E-state index in [1.807, 2.05) is 37.0 Å². The van der Waals surface area contributed by atoms with Crippen molar-refractivity contribution in [1.29, 1.82) is 0 Å². The largest absolute Gasteiger partial charge is 0.369 e. The van der Waals surface area contributed by atoms with Gasteiger partial charge in [-0.1, -0.05) is 0 Å². The molecular formula is C18H27ClN6. The van der Waals surface area contributed by atoms with Crippen LogP contribution in [-0.2, 0) is 7.05 Å². The standard InChI is InChI=1S/C18H26N6.ClH/c1-12-9-21-24(2)18(12)16-5-6-17(23-22-16)20-8-7-13-3-4-14-10-19-11-15(13)14;/h5-6,9,13-15,19H,3-4,7-8,10-11H2,1-2H3,(H,20,23);1H. The summed E-state index contributed by atoms with van der Waals surface area (Å²) in [5.41, 5.74) is 3.02. The number of nitrogens with one attached hydrogen (secondary N) is 2. The second-order valence-corrected chi connectivity index (χ2v) is 7.24. The molecule has 7 heteroatoms. The van der Waals surface area contributed by atoms with Gasteiger partial charge in [0.2, 0.25) is 0 Å². The molecule has 3 heterocycles. The molecule has 25 heavy (non-hydrogen) atoms. The Morgan fingerprint density at radius 1 is 1.24 bits per heavy atom. The molecule has 1 saturated carbocycles. The van der Waals surface area contributed by atoms with Gasteiger partial charge in [0.05, 0.1) is 11.9 Å². The van der Waals surface area contributed by atoms with Crippen LogP contribution >= 0.6 is 12.4 Å². The molecule has 1 aliphatic heterocycles. The van der Waals surface area contributed by atoms with Crippen molar-refractivity contribution in [3.8, 4) is 11.4 Å². The topological polar surface area (TPSA) is 67.7 Å². The van der Waals surface area contributed by atoms with Crippen LogP contribution in [0.1, 0.15) is 24.8 Å². The van der Waals surface area contributed by atoms with Crippen LogP contribution in [-0.4, -0.2) is 39.6 Å². The molecule has 0 spiro atoms. The van der Waals surface area contributed by atoms with E-state index in [1.54, 1.807) is 0 Å². The summed E-state index contributed by atoms with van der Waals surface area (Å²) in [5, 5.41) is 19.9. The lowest BCUT2D eigenvalue weighted by atomic mass is 9.90. The molecule has 2 aromatic rings. The maximum absolute atomic E-state index is 4.36. The third kappa shape index (κ3) is 3.65. The maximum Gasteiger partial charge on any atom is 0.148 e. The zero-order chi connectivity index (χ0) is 16.5. The molecule has 136 valence electrons. The van der Waals surface area contributed by atoms with E-state index in [4.69, 9.17) is 0 Å². The molecule has 1 saturated heterocycles. The van der Waals surface area contributed by atoms with Gasteiger partial charge in [-0.3, -0.25) is 4.68 Å². The van der Waals surface area contributed by atoms with E-state index in [0.717, 1.165) is 47.1 Å². The minimum atomic E-state index is 0. The summed E-state index contributed by atoms with van der Waals surface area (Å²) in [6.07, 6.45) is 5.88. The number of hydrogen-bond acceptors (Lipinski definition) is 5. The Labute approximate surface area is 155 Å². The number of rotatable bonds is 5. The first-order valence-corrected chi connectivity index (χ1v) is 8.99. The van der Waals surface area contributed by atoms with Crippen LogP contribution in [0.4, 0.5) is 5.82 Å². The number of nitrogens with zero attached hydrogens (tertiary/aromatic N) is 4. The second kappa shape index (κ2) is 7.70. The van der Waals surface area contributed by atoms with Crippen LogP contribution in [0.5, 0.6) is 0 Å². The molecule has 6 nitrogen and oxygen atoms in total. The van der Waals surface area contributed by atoms with Crippen molar-refractivity contribution in [2.75, 3.05) is 25.0 Å². The predicted octanol–water partition coefficient (Wildman–Crippen LogP) is 2.65. The van der Waals surface area contributed by atoms with Crippen LogP contribution in [0.2, 0.25) is 0 Å². The quantitative estimate of drug-likeness (QED) is 0.855. The van der Waals surface area contributed by atoms with Crippen LogP contribution in [0.3, 0.4) is 0 Å². The third-order valence-corrected chi connectivity index (χ3v) is 5.76. The number of aryl methyl sites for hydroxylation is 2. The van der Waals surface area contributed by atoms with Gasteiger partial charge in [-0.2, -0.15) is 5.10 Å². The average molecular weight is 363 g/mol. The van der Waals surface area contributed by atoms with E-state index >= 15 is 0 Å². The van der Waals surface area contributed by atoms with Gasteiger partial charge in [0, 0.05) is 13.6 Å². The van der Waals surface area contributed by atoms with E-state index in [2.05, 4.69) is 25.9 Å². The monoisotopic (exact) mass is 362 g/mol. The van der Waals surface area contributed by atoms with Gasteiger partial charge < -0.3 is 10.6 Å². The zero-order valence-corrected chi connectivity index (χ0v) is 15.7. The highest BCUT2D eigenvalue weighted by Crippen LogP contribution is 2.40. The van der Waals surface area contributed by atoms with Crippen molar-refractivity contribution in [2.24, 2.45) is 24.8 Å². The Balaban J connectivity index is 0.00000182. The molecule has 4 rings (SSSR count). The minimum absolute atomic E-state index is 0. The van der Waals surface area contributed by atoms with Crippen molar-refractivity contribution in [3.05, 3.63) is 23.9 Å². The van der Waals surface area contributed by atoms with Crippen molar-refractivity contribution < 1.29 is 0 Å². The maximum atomic E-state index is 4.36. The highest BCUT2D eigenvalue weighted by Gasteiger charge is 2.38. The smallest absolute Gasteiger partial charge is 0.148 e. The molecular weight excluding hydrogens is 336 g/mol. The lowest BCUT2D eigenvalue weighted by Crippen LogP contribution is -2.19. The van der Waals surface area contributed by atoms with Gasteiger partial charge in [0.1, 0.15) is 11.5 Å². The Morgan fingerprint density at radius 3 is 2.84 bits per heavy atom. The van der Waals surface area contributed by atoms with Crippen LogP contribution in [0, 0.1) is 24.7 Å². The Morgan fingerprint density at radius 2 is 2.12 bits per heavy atom. The molecule has 2 fully saturated rings. The Kier molecular flexibility index (Phi) is 5.59. The SMILES string of the molecule is Cc1cnn(C)c1-c1ccc(NCCC2CCC3CNCC23)nn1.Cl. The van der Waals surface area contributed by atoms with Gasteiger partial charge >= 0.3 is 0 Å². The molecule has 0 radical (unpaired) electrons. The van der Waals surface area contributed by atoms with Gasteiger partial charge in [-0.25, -0.2) is 0 Å². The number of halogens is 1. The van der Waals surface area contributed by atoms with Crippen molar-refractivity contribution in [1.82, 2.24) is 25.3 Å². The summed E-state index contributed by atoms with van der Waals surface area (Å²) in [4.78, 5) is 0. The second-order valence-electron chi connectivity index (χ2n) is 7.24. The first-order chi connectivity index (χ1) is 11.7. The Hall–Kier alpha value is -1.66. The van der Waals surface area contributed by atoms with Gasteiger partial charge in [-0.05, 0) is 74.7 Å². The fourth-order valence-electron chi connectivity index (χ4n) is 4.48. The van der Waals surface area contributed by atoms with Crippen LogP contribution in [0.15, 0.2) is 18.3 Å². The fourth-order valence-corrected chi connectivity index (χ4v) is 4.48. The normalized spacial score (nSPS) is 24.8. The van der Waals surface area contributed by atoms with E-state index in [0.29, 0.717) is 0 Å². The summed E-state index contributed by atoms with van der Waals surface area (Å²) in [6.45, 7) is 5.47. The molecule has 0 bridgehead atoms. The van der Waals surface area contributed by atoms with E-state index in [9.17, 15) is 0 Å². The summed E-state index contributed by atoms with van der Waals surface area (Å²) in [7, 11) is 1.93. The highest BCUT2D eigenvalue weighted by atomic mass is 35.5. The first kappa shape index (κ1) is 18.1. The van der Waals surface area contributed by atoms with E-state index in [-0.39, 0.29) is 12.4 Å². The number of fused-ring (bicyclic) bond motifs is 1. The van der Waals surface area contributed by atoms with E-state index < -0.39 is 0 Å². The molecule has 3 atom stereocenters. The van der Waals surface area contributed by atoms with Gasteiger partial charge in [0.25, 0.3) is 0 Å². The summed E-state index contributed by atoms with van der Waals surface area (Å²) >= 11 is 0. The fraction of sp³-hybridized carbons (Fsp3) is 0.611. The Bertz CT molecular complexity index is 679. The average Bonchev–Trinajstić information content (AvgIpc) is 3.27. The molecule has 3 unspecified atom stereocenters. The van der Waals surface area contributed by atoms with Gasteiger partial charge in [0.15, 0.2) is 0 Å². The summed E-state index contributed by atoms with van der Waals surface area (Å²) < 4.78 is 1.85. The lowest BCUT2D eigenvalue weighted by molar-refractivity contribution is 0.362. The summed E-state index contributed by atoms with van der Waals surface area (Å²) in [5.74, 6) is 3.55. The zero-order valence-electron chi connectivity index (χ0n) is 14.9. The highest BCUT2D eigenvalue weighted by molar-refractivity contribution is 5.85. The lowest BCUT2D eigenvalue weighted by Gasteiger charge is -2.18. The third-order valence-electron chi connectivity index (χ3n) is 5.76. The first-order valence-electron chi connectivity index (χ1n) is 8.99. The molecule has 2 aliphatic rings.